The minimum atomic E-state index is -0.914. The number of nitrogens with zero attached hydrogens (tertiary/aromatic N) is 1. The van der Waals surface area contributed by atoms with E-state index in [1.54, 1.807) is 25.8 Å². The second-order valence-electron chi connectivity index (χ2n) is 6.82. The van der Waals surface area contributed by atoms with Crippen LogP contribution in [-0.4, -0.2) is 36.4 Å². The van der Waals surface area contributed by atoms with Gasteiger partial charge in [-0.25, -0.2) is 4.79 Å². The van der Waals surface area contributed by atoms with Crippen molar-refractivity contribution in [2.24, 2.45) is 7.05 Å². The van der Waals surface area contributed by atoms with Gasteiger partial charge >= 0.3 is 5.97 Å². The van der Waals surface area contributed by atoms with Crippen LogP contribution in [0.1, 0.15) is 27.2 Å². The quantitative estimate of drug-likeness (QED) is 0.583. The van der Waals surface area contributed by atoms with Crippen molar-refractivity contribution in [2.75, 3.05) is 20.8 Å². The van der Waals surface area contributed by atoms with Crippen LogP contribution in [-0.2, 0) is 20.0 Å². The van der Waals surface area contributed by atoms with Crippen molar-refractivity contribution in [2.45, 2.75) is 19.9 Å². The number of methoxy groups -OCH3 is 2. The first-order valence-electron chi connectivity index (χ1n) is 9.19. The Morgan fingerprint density at radius 3 is 2.61 bits per heavy atom. The molecular formula is C22H26N2O4. The first-order chi connectivity index (χ1) is 13.5. The molecule has 6 nitrogen and oxygen atoms in total. The maximum absolute atomic E-state index is 11.8. The number of carboxylic acid groups (broad SMARTS) is 1. The lowest BCUT2D eigenvalue weighted by atomic mass is 10.1. The molecule has 0 saturated carbocycles. The van der Waals surface area contributed by atoms with Crippen LogP contribution in [0.15, 0.2) is 36.4 Å². The van der Waals surface area contributed by atoms with Gasteiger partial charge in [0.1, 0.15) is 17.2 Å². The average molecular weight is 382 g/mol. The number of aromatic carboxylic acids is 1. The number of carbonyl (C=O) groups is 1. The molecule has 0 fully saturated rings. The number of benzene rings is 2. The number of carboxylic acids is 1. The summed E-state index contributed by atoms with van der Waals surface area (Å²) in [5.41, 5.74) is 4.22. The lowest BCUT2D eigenvalue weighted by molar-refractivity contribution is 0.0685. The molecule has 0 aliphatic carbocycles. The van der Waals surface area contributed by atoms with E-state index in [0.29, 0.717) is 18.8 Å². The molecule has 0 radical (unpaired) electrons. The Balaban J connectivity index is 1.78. The number of hydrogen-bond acceptors (Lipinski definition) is 4. The van der Waals surface area contributed by atoms with Crippen molar-refractivity contribution in [3.63, 3.8) is 0 Å². The van der Waals surface area contributed by atoms with Gasteiger partial charge in [-0.1, -0.05) is 12.1 Å². The monoisotopic (exact) mass is 382 g/mol. The molecule has 3 rings (SSSR count). The van der Waals surface area contributed by atoms with Crippen molar-refractivity contribution in [1.82, 2.24) is 9.88 Å². The molecule has 0 aliphatic rings. The van der Waals surface area contributed by atoms with E-state index < -0.39 is 5.97 Å². The highest BCUT2D eigenvalue weighted by molar-refractivity contribution is 5.98. The van der Waals surface area contributed by atoms with Crippen molar-refractivity contribution < 1.29 is 19.4 Å². The molecule has 28 heavy (non-hydrogen) atoms. The summed E-state index contributed by atoms with van der Waals surface area (Å²) in [7, 11) is 5.09. The number of rotatable bonds is 8. The molecule has 0 spiro atoms. The van der Waals surface area contributed by atoms with Crippen molar-refractivity contribution in [3.05, 3.63) is 58.8 Å². The molecule has 0 amide bonds. The van der Waals surface area contributed by atoms with Gasteiger partial charge in [0.25, 0.3) is 0 Å². The van der Waals surface area contributed by atoms with Crippen molar-refractivity contribution in [3.8, 4) is 11.5 Å². The van der Waals surface area contributed by atoms with Crippen LogP contribution in [0, 0.1) is 6.92 Å². The zero-order valence-electron chi connectivity index (χ0n) is 16.7. The largest absolute Gasteiger partial charge is 0.497 e. The molecule has 1 heterocycles. The first kappa shape index (κ1) is 19.8. The number of nitrogens with one attached hydrogen (secondary N) is 1. The minimum Gasteiger partial charge on any atom is -0.497 e. The standard InChI is InChI=1S/C22H26N2O4/c1-14-5-7-17-18(21(22(25)26)24(2)19(17)11-14)13-23-10-9-15-12-16(27-3)6-8-20(15)28-4/h5-8,11-12,23H,9-10,13H2,1-4H3,(H,25,26). The summed E-state index contributed by atoms with van der Waals surface area (Å²) in [6.45, 7) is 3.17. The highest BCUT2D eigenvalue weighted by Crippen LogP contribution is 2.27. The SMILES string of the molecule is COc1ccc(OC)c(CCNCc2c(C(=O)O)n(C)c3cc(C)ccc23)c1. The third-order valence-electron chi connectivity index (χ3n) is 5.02. The Labute approximate surface area is 164 Å². The second-order valence-corrected chi connectivity index (χ2v) is 6.82. The van der Waals surface area contributed by atoms with Gasteiger partial charge in [0.15, 0.2) is 0 Å². The minimum absolute atomic E-state index is 0.326. The number of aryl methyl sites for hydroxylation is 2. The number of ether oxygens (including phenoxy) is 2. The summed E-state index contributed by atoms with van der Waals surface area (Å²) >= 11 is 0. The summed E-state index contributed by atoms with van der Waals surface area (Å²) in [6, 6.07) is 11.8. The van der Waals surface area contributed by atoms with Crippen LogP contribution in [0.5, 0.6) is 11.5 Å². The lowest BCUT2D eigenvalue weighted by Crippen LogP contribution is -2.19. The van der Waals surface area contributed by atoms with Gasteiger partial charge in [-0.05, 0) is 55.3 Å². The van der Waals surface area contributed by atoms with Crippen LogP contribution in [0.4, 0.5) is 0 Å². The van der Waals surface area contributed by atoms with E-state index in [9.17, 15) is 9.90 Å². The van der Waals surface area contributed by atoms with E-state index in [2.05, 4.69) is 5.32 Å². The topological polar surface area (TPSA) is 72.7 Å². The molecule has 0 saturated heterocycles. The lowest BCUT2D eigenvalue weighted by Gasteiger charge is -2.11. The number of fused-ring (bicyclic) bond motifs is 1. The van der Waals surface area contributed by atoms with E-state index in [-0.39, 0.29) is 0 Å². The molecule has 3 aromatic rings. The molecule has 1 aromatic heterocycles. The molecule has 6 heteroatoms. The maximum atomic E-state index is 11.8. The molecular weight excluding hydrogens is 356 g/mol. The van der Waals surface area contributed by atoms with Gasteiger partial charge in [-0.3, -0.25) is 0 Å². The summed E-state index contributed by atoms with van der Waals surface area (Å²) in [6.07, 6.45) is 0.743. The first-order valence-corrected chi connectivity index (χ1v) is 9.19. The Kier molecular flexibility index (Phi) is 5.90. The molecule has 2 aromatic carbocycles. The van der Waals surface area contributed by atoms with Gasteiger partial charge in [0, 0.05) is 30.1 Å². The third-order valence-corrected chi connectivity index (χ3v) is 5.02. The van der Waals surface area contributed by atoms with Gasteiger partial charge in [0.05, 0.1) is 14.2 Å². The summed E-state index contributed by atoms with van der Waals surface area (Å²) in [5.74, 6) is 0.686. The normalized spacial score (nSPS) is 11.0. The number of aromatic nitrogens is 1. The van der Waals surface area contributed by atoms with E-state index in [0.717, 1.165) is 45.5 Å². The van der Waals surface area contributed by atoms with Crippen LogP contribution < -0.4 is 14.8 Å². The smallest absolute Gasteiger partial charge is 0.352 e. The summed E-state index contributed by atoms with van der Waals surface area (Å²) < 4.78 is 12.5. The molecule has 0 unspecified atom stereocenters. The Bertz CT molecular complexity index is 1010. The Morgan fingerprint density at radius 2 is 1.93 bits per heavy atom. The van der Waals surface area contributed by atoms with E-state index in [4.69, 9.17) is 9.47 Å². The van der Waals surface area contributed by atoms with Crippen LogP contribution in [0.3, 0.4) is 0 Å². The summed E-state index contributed by atoms with van der Waals surface area (Å²) in [5, 5.41) is 14.0. The molecule has 0 aliphatic heterocycles. The average Bonchev–Trinajstić information content (AvgIpc) is 2.96. The Morgan fingerprint density at radius 1 is 1.14 bits per heavy atom. The highest BCUT2D eigenvalue weighted by Gasteiger charge is 2.20. The van der Waals surface area contributed by atoms with Crippen LogP contribution in [0.25, 0.3) is 10.9 Å². The van der Waals surface area contributed by atoms with Crippen molar-refractivity contribution >= 4 is 16.9 Å². The Hall–Kier alpha value is -2.99. The fourth-order valence-electron chi connectivity index (χ4n) is 3.59. The maximum Gasteiger partial charge on any atom is 0.352 e. The number of hydrogen-bond donors (Lipinski definition) is 2. The van der Waals surface area contributed by atoms with Gasteiger partial charge in [-0.15, -0.1) is 0 Å². The molecule has 0 bridgehead atoms. The van der Waals surface area contributed by atoms with Gasteiger partial charge in [0.2, 0.25) is 0 Å². The third kappa shape index (κ3) is 3.82. The molecule has 2 N–H and O–H groups in total. The van der Waals surface area contributed by atoms with Crippen molar-refractivity contribution in [1.29, 1.82) is 0 Å². The van der Waals surface area contributed by atoms with E-state index in [1.807, 2.05) is 43.3 Å². The summed E-state index contributed by atoms with van der Waals surface area (Å²) in [4.78, 5) is 11.8. The van der Waals surface area contributed by atoms with E-state index >= 15 is 0 Å². The predicted molar refractivity (Wildman–Crippen MR) is 110 cm³/mol. The molecule has 0 atom stereocenters. The van der Waals surface area contributed by atoms with E-state index in [1.165, 1.54) is 0 Å². The van der Waals surface area contributed by atoms with Gasteiger partial charge < -0.3 is 24.5 Å². The zero-order valence-corrected chi connectivity index (χ0v) is 16.7. The zero-order chi connectivity index (χ0) is 20.3. The van der Waals surface area contributed by atoms with Gasteiger partial charge in [-0.2, -0.15) is 0 Å². The second kappa shape index (κ2) is 8.35. The fraction of sp³-hybridized carbons (Fsp3) is 0.318. The van der Waals surface area contributed by atoms with Crippen LogP contribution in [0.2, 0.25) is 0 Å². The van der Waals surface area contributed by atoms with Crippen LogP contribution >= 0.6 is 0 Å². The fourth-order valence-corrected chi connectivity index (χ4v) is 3.59. The predicted octanol–water partition coefficient (Wildman–Crippen LogP) is 3.53. The highest BCUT2D eigenvalue weighted by atomic mass is 16.5. The molecule has 148 valence electrons.